The van der Waals surface area contributed by atoms with E-state index in [4.69, 9.17) is 11.0 Å². The quantitative estimate of drug-likeness (QED) is 0.861. The number of rotatable bonds is 5. The van der Waals surface area contributed by atoms with Gasteiger partial charge < -0.3 is 5.73 Å². The SMILES string of the molecule is N#Cc1c(F)cccc1S(=O)(=O)NC(CN)C1CCCC1. The number of nitrogens with two attached hydrogens (primary N) is 1. The number of nitriles is 1. The zero-order valence-corrected chi connectivity index (χ0v) is 12.4. The summed E-state index contributed by atoms with van der Waals surface area (Å²) in [7, 11) is -3.97. The molecule has 0 spiro atoms. The van der Waals surface area contributed by atoms with Gasteiger partial charge in [0.2, 0.25) is 10.0 Å². The molecule has 0 bridgehead atoms. The highest BCUT2D eigenvalue weighted by molar-refractivity contribution is 7.89. The van der Waals surface area contributed by atoms with Crippen LogP contribution in [0.1, 0.15) is 31.2 Å². The van der Waals surface area contributed by atoms with Gasteiger partial charge >= 0.3 is 0 Å². The average molecular weight is 311 g/mol. The molecule has 0 heterocycles. The van der Waals surface area contributed by atoms with Gasteiger partial charge in [0, 0.05) is 12.6 Å². The summed E-state index contributed by atoms with van der Waals surface area (Å²) < 4.78 is 40.9. The summed E-state index contributed by atoms with van der Waals surface area (Å²) in [5, 5.41) is 8.96. The molecule has 1 aliphatic rings. The lowest BCUT2D eigenvalue weighted by Crippen LogP contribution is -2.44. The number of benzene rings is 1. The predicted molar refractivity (Wildman–Crippen MR) is 76.2 cm³/mol. The van der Waals surface area contributed by atoms with Crippen molar-refractivity contribution in [3.8, 4) is 6.07 Å². The summed E-state index contributed by atoms with van der Waals surface area (Å²) in [4.78, 5) is -0.332. The third-order valence-electron chi connectivity index (χ3n) is 3.91. The van der Waals surface area contributed by atoms with Gasteiger partial charge in [0.25, 0.3) is 0 Å². The molecule has 1 aromatic rings. The molecular formula is C14H18FN3O2S. The first kappa shape index (κ1) is 15.9. The molecule has 3 N–H and O–H groups in total. The van der Waals surface area contributed by atoms with E-state index < -0.39 is 21.4 Å². The lowest BCUT2D eigenvalue weighted by molar-refractivity contribution is 0.405. The van der Waals surface area contributed by atoms with Crippen LogP contribution in [0.4, 0.5) is 4.39 Å². The fourth-order valence-electron chi connectivity index (χ4n) is 2.80. The van der Waals surface area contributed by atoms with Crippen LogP contribution in [0.3, 0.4) is 0 Å². The van der Waals surface area contributed by atoms with E-state index in [2.05, 4.69) is 4.72 Å². The molecule has 1 aromatic carbocycles. The zero-order valence-electron chi connectivity index (χ0n) is 11.5. The highest BCUT2D eigenvalue weighted by Gasteiger charge is 2.30. The van der Waals surface area contributed by atoms with E-state index >= 15 is 0 Å². The molecule has 0 amide bonds. The normalized spacial score (nSPS) is 17.6. The topological polar surface area (TPSA) is 96.0 Å². The Labute approximate surface area is 124 Å². The van der Waals surface area contributed by atoms with Crippen LogP contribution in [0.5, 0.6) is 0 Å². The molecule has 1 aliphatic carbocycles. The van der Waals surface area contributed by atoms with Crippen molar-refractivity contribution in [2.24, 2.45) is 11.7 Å². The predicted octanol–water partition coefficient (Wildman–Crippen LogP) is 1.49. The highest BCUT2D eigenvalue weighted by atomic mass is 32.2. The second kappa shape index (κ2) is 6.52. The minimum Gasteiger partial charge on any atom is -0.329 e. The third kappa shape index (κ3) is 3.40. The van der Waals surface area contributed by atoms with Crippen LogP contribution in [-0.2, 0) is 10.0 Å². The van der Waals surface area contributed by atoms with E-state index in [1.807, 2.05) is 0 Å². The molecule has 0 radical (unpaired) electrons. The van der Waals surface area contributed by atoms with Crippen molar-refractivity contribution in [3.63, 3.8) is 0 Å². The van der Waals surface area contributed by atoms with Crippen LogP contribution in [0.15, 0.2) is 23.1 Å². The molecule has 1 atom stereocenters. The first-order valence-electron chi connectivity index (χ1n) is 6.90. The fourth-order valence-corrected chi connectivity index (χ4v) is 4.28. The zero-order chi connectivity index (χ0) is 15.5. The van der Waals surface area contributed by atoms with Gasteiger partial charge in [-0.15, -0.1) is 0 Å². The monoisotopic (exact) mass is 311 g/mol. The van der Waals surface area contributed by atoms with Gasteiger partial charge in [-0.3, -0.25) is 0 Å². The van der Waals surface area contributed by atoms with Crippen molar-refractivity contribution >= 4 is 10.0 Å². The fraction of sp³-hybridized carbons (Fsp3) is 0.500. The standard InChI is InChI=1S/C14H18FN3O2S/c15-12-6-3-7-14(11(12)8-16)21(19,20)18-13(9-17)10-4-1-2-5-10/h3,6-7,10,13,18H,1-2,4-5,9,17H2. The average Bonchev–Trinajstić information content (AvgIpc) is 2.98. The molecule has 114 valence electrons. The van der Waals surface area contributed by atoms with Gasteiger partial charge in [0.15, 0.2) is 0 Å². The van der Waals surface area contributed by atoms with Crippen molar-refractivity contribution in [1.82, 2.24) is 4.72 Å². The summed E-state index contributed by atoms with van der Waals surface area (Å²) in [6, 6.07) is 4.79. The molecule has 0 aliphatic heterocycles. The summed E-state index contributed by atoms with van der Waals surface area (Å²) in [6.45, 7) is 0.182. The van der Waals surface area contributed by atoms with Crippen LogP contribution in [0.25, 0.3) is 0 Å². The summed E-state index contributed by atoms with van der Waals surface area (Å²) >= 11 is 0. The van der Waals surface area contributed by atoms with Gasteiger partial charge in [-0.05, 0) is 30.9 Å². The Kier molecular flexibility index (Phi) is 4.93. The van der Waals surface area contributed by atoms with Gasteiger partial charge in [-0.2, -0.15) is 5.26 Å². The van der Waals surface area contributed by atoms with Crippen molar-refractivity contribution in [1.29, 1.82) is 5.26 Å². The Balaban J connectivity index is 2.30. The molecule has 1 saturated carbocycles. The molecule has 7 heteroatoms. The van der Waals surface area contributed by atoms with Crippen molar-refractivity contribution in [2.75, 3.05) is 6.54 Å². The molecule has 21 heavy (non-hydrogen) atoms. The van der Waals surface area contributed by atoms with E-state index in [-0.39, 0.29) is 23.4 Å². The lowest BCUT2D eigenvalue weighted by Gasteiger charge is -2.23. The number of hydrogen-bond acceptors (Lipinski definition) is 4. The lowest BCUT2D eigenvalue weighted by atomic mass is 9.99. The maximum absolute atomic E-state index is 13.6. The van der Waals surface area contributed by atoms with E-state index in [0.29, 0.717) is 0 Å². The van der Waals surface area contributed by atoms with Gasteiger partial charge in [-0.1, -0.05) is 18.9 Å². The smallest absolute Gasteiger partial charge is 0.242 e. The van der Waals surface area contributed by atoms with Crippen molar-refractivity contribution in [2.45, 2.75) is 36.6 Å². The van der Waals surface area contributed by atoms with E-state index in [9.17, 15) is 12.8 Å². The molecule has 1 fully saturated rings. The third-order valence-corrected chi connectivity index (χ3v) is 5.44. The first-order chi connectivity index (χ1) is 9.99. The van der Waals surface area contributed by atoms with E-state index in [1.54, 1.807) is 6.07 Å². The number of sulfonamides is 1. The second-order valence-corrected chi connectivity index (χ2v) is 6.92. The molecule has 2 rings (SSSR count). The summed E-state index contributed by atoms with van der Waals surface area (Å²) in [5.41, 5.74) is 5.21. The highest BCUT2D eigenvalue weighted by Crippen LogP contribution is 2.28. The van der Waals surface area contributed by atoms with Crippen LogP contribution >= 0.6 is 0 Å². The Hall–Kier alpha value is -1.49. The summed E-state index contributed by atoms with van der Waals surface area (Å²) in [5.74, 6) is -0.644. The first-order valence-corrected chi connectivity index (χ1v) is 8.39. The van der Waals surface area contributed by atoms with Crippen molar-refractivity contribution < 1.29 is 12.8 Å². The number of nitrogens with one attached hydrogen (secondary N) is 1. The van der Waals surface area contributed by atoms with Crippen LogP contribution in [0, 0.1) is 23.1 Å². The van der Waals surface area contributed by atoms with Crippen LogP contribution < -0.4 is 10.5 Å². The molecule has 1 unspecified atom stereocenters. The minimum absolute atomic E-state index is 0.182. The Bertz CT molecular complexity index is 649. The summed E-state index contributed by atoms with van der Waals surface area (Å²) in [6.07, 6.45) is 3.98. The Morgan fingerprint density at radius 3 is 2.67 bits per heavy atom. The van der Waals surface area contributed by atoms with Gasteiger partial charge in [-0.25, -0.2) is 17.5 Å². The maximum Gasteiger partial charge on any atom is 0.242 e. The Morgan fingerprint density at radius 1 is 1.43 bits per heavy atom. The van der Waals surface area contributed by atoms with E-state index in [0.717, 1.165) is 31.7 Å². The number of hydrogen-bond donors (Lipinski definition) is 2. The molecule has 5 nitrogen and oxygen atoms in total. The van der Waals surface area contributed by atoms with Crippen LogP contribution in [-0.4, -0.2) is 21.0 Å². The second-order valence-electron chi connectivity index (χ2n) is 5.23. The minimum atomic E-state index is -3.97. The molecule has 0 saturated heterocycles. The number of halogens is 1. The Morgan fingerprint density at radius 2 is 2.10 bits per heavy atom. The van der Waals surface area contributed by atoms with E-state index in [1.165, 1.54) is 12.1 Å². The van der Waals surface area contributed by atoms with Gasteiger partial charge in [0.1, 0.15) is 22.3 Å². The largest absolute Gasteiger partial charge is 0.329 e. The van der Waals surface area contributed by atoms with Gasteiger partial charge in [0.05, 0.1) is 0 Å². The molecular weight excluding hydrogens is 293 g/mol. The molecule has 0 aromatic heterocycles. The van der Waals surface area contributed by atoms with Crippen molar-refractivity contribution in [3.05, 3.63) is 29.6 Å². The van der Waals surface area contributed by atoms with Crippen LogP contribution in [0.2, 0.25) is 0 Å². The number of nitrogens with zero attached hydrogens (tertiary/aromatic N) is 1. The maximum atomic E-state index is 13.6.